The first-order valence-electron chi connectivity index (χ1n) is 9.17. The third-order valence-corrected chi connectivity index (χ3v) is 4.97. The number of likely N-dealkylation sites (tertiary alicyclic amines) is 1. The van der Waals surface area contributed by atoms with Crippen molar-refractivity contribution in [2.24, 2.45) is 4.99 Å². The fraction of sp³-hybridized carbons (Fsp3) is 0.632. The number of unbranched alkanes of at least 4 members (excludes halogenated alkanes) is 1. The zero-order valence-corrected chi connectivity index (χ0v) is 14.9. The van der Waals surface area contributed by atoms with Gasteiger partial charge in [0.1, 0.15) is 0 Å². The molecule has 0 aromatic heterocycles. The highest BCUT2D eigenvalue weighted by molar-refractivity contribution is 5.80. The van der Waals surface area contributed by atoms with Crippen LogP contribution < -0.4 is 5.32 Å². The molecule has 0 radical (unpaired) electrons. The van der Waals surface area contributed by atoms with Crippen LogP contribution in [0.5, 0.6) is 0 Å². The number of ether oxygens (including phenoxy) is 1. The van der Waals surface area contributed by atoms with E-state index in [4.69, 9.17) is 4.74 Å². The standard InChI is InChI=1S/C19H30N4O/c1-3-4-10-21-19(20-2)23-14-17-18(15-23)24-12-11-22(17)13-16-8-6-5-7-9-16/h5-9,17-18H,3-4,10-15H2,1-2H3,(H,20,21). The number of aliphatic imine (C=N–C) groups is 1. The van der Waals surface area contributed by atoms with E-state index < -0.39 is 0 Å². The highest BCUT2D eigenvalue weighted by Gasteiger charge is 2.41. The van der Waals surface area contributed by atoms with Crippen LogP contribution in [0.4, 0.5) is 0 Å². The molecular formula is C19H30N4O. The fourth-order valence-electron chi connectivity index (χ4n) is 3.65. The number of morpholine rings is 1. The van der Waals surface area contributed by atoms with Crippen molar-refractivity contribution in [1.82, 2.24) is 15.1 Å². The summed E-state index contributed by atoms with van der Waals surface area (Å²) >= 11 is 0. The van der Waals surface area contributed by atoms with Crippen LogP contribution in [0, 0.1) is 0 Å². The average Bonchev–Trinajstić information content (AvgIpc) is 3.05. The van der Waals surface area contributed by atoms with Crippen molar-refractivity contribution < 1.29 is 4.74 Å². The number of guanidine groups is 1. The minimum atomic E-state index is 0.284. The van der Waals surface area contributed by atoms with Gasteiger partial charge in [0.05, 0.1) is 18.8 Å². The van der Waals surface area contributed by atoms with E-state index in [9.17, 15) is 0 Å². The van der Waals surface area contributed by atoms with Crippen LogP contribution in [0.25, 0.3) is 0 Å². The molecule has 1 N–H and O–H groups in total. The van der Waals surface area contributed by atoms with Gasteiger partial charge in [-0.25, -0.2) is 0 Å². The monoisotopic (exact) mass is 330 g/mol. The maximum Gasteiger partial charge on any atom is 0.193 e. The van der Waals surface area contributed by atoms with Gasteiger partial charge in [0.25, 0.3) is 0 Å². The van der Waals surface area contributed by atoms with Gasteiger partial charge in [-0.3, -0.25) is 9.89 Å². The third kappa shape index (κ3) is 4.08. The molecule has 132 valence electrons. The number of nitrogens with one attached hydrogen (secondary N) is 1. The lowest BCUT2D eigenvalue weighted by Gasteiger charge is -2.36. The van der Waals surface area contributed by atoms with Crippen LogP contribution >= 0.6 is 0 Å². The Kier molecular flexibility index (Phi) is 6.10. The Morgan fingerprint density at radius 2 is 2.12 bits per heavy atom. The van der Waals surface area contributed by atoms with Crippen LogP contribution in [-0.2, 0) is 11.3 Å². The maximum absolute atomic E-state index is 6.05. The summed E-state index contributed by atoms with van der Waals surface area (Å²) in [6.45, 7) is 7.95. The summed E-state index contributed by atoms with van der Waals surface area (Å²) in [5.41, 5.74) is 1.38. The van der Waals surface area contributed by atoms with Crippen LogP contribution in [0.15, 0.2) is 35.3 Å². The van der Waals surface area contributed by atoms with Crippen molar-refractivity contribution in [3.05, 3.63) is 35.9 Å². The van der Waals surface area contributed by atoms with Gasteiger partial charge in [0.15, 0.2) is 5.96 Å². The molecule has 0 spiro atoms. The Labute approximate surface area is 145 Å². The summed E-state index contributed by atoms with van der Waals surface area (Å²) in [6.07, 6.45) is 2.66. The van der Waals surface area contributed by atoms with E-state index in [-0.39, 0.29) is 6.10 Å². The molecule has 2 unspecified atom stereocenters. The molecule has 3 rings (SSSR count). The molecule has 2 heterocycles. The molecule has 0 saturated carbocycles. The van der Waals surface area contributed by atoms with Crippen molar-refractivity contribution in [1.29, 1.82) is 0 Å². The second kappa shape index (κ2) is 8.49. The lowest BCUT2D eigenvalue weighted by molar-refractivity contribution is -0.0502. The predicted octanol–water partition coefficient (Wildman–Crippen LogP) is 1.95. The third-order valence-electron chi connectivity index (χ3n) is 4.97. The maximum atomic E-state index is 6.05. The molecule has 0 amide bonds. The largest absolute Gasteiger partial charge is 0.373 e. The quantitative estimate of drug-likeness (QED) is 0.509. The van der Waals surface area contributed by atoms with Gasteiger partial charge in [0.2, 0.25) is 0 Å². The van der Waals surface area contributed by atoms with E-state index in [2.05, 4.69) is 57.4 Å². The van der Waals surface area contributed by atoms with E-state index in [1.807, 2.05) is 7.05 Å². The van der Waals surface area contributed by atoms with E-state index in [0.717, 1.165) is 45.3 Å². The Morgan fingerprint density at radius 3 is 2.88 bits per heavy atom. The van der Waals surface area contributed by atoms with Crippen molar-refractivity contribution in [2.75, 3.05) is 39.8 Å². The molecule has 2 atom stereocenters. The normalized spacial score (nSPS) is 24.9. The molecule has 2 aliphatic rings. The summed E-state index contributed by atoms with van der Waals surface area (Å²) in [6, 6.07) is 11.2. The molecule has 2 aliphatic heterocycles. The number of hydrogen-bond donors (Lipinski definition) is 1. The zero-order valence-electron chi connectivity index (χ0n) is 14.9. The number of benzene rings is 1. The van der Waals surface area contributed by atoms with Gasteiger partial charge in [-0.1, -0.05) is 43.7 Å². The first-order chi connectivity index (χ1) is 11.8. The summed E-state index contributed by atoms with van der Waals surface area (Å²) in [5, 5.41) is 3.49. The predicted molar refractivity (Wildman–Crippen MR) is 98.2 cm³/mol. The number of nitrogens with zero attached hydrogens (tertiary/aromatic N) is 3. The fourth-order valence-corrected chi connectivity index (χ4v) is 3.65. The van der Waals surface area contributed by atoms with Crippen molar-refractivity contribution in [3.63, 3.8) is 0 Å². The van der Waals surface area contributed by atoms with Crippen LogP contribution in [0.3, 0.4) is 0 Å². The SMILES string of the molecule is CCCCNC(=NC)N1CC2OCCN(Cc3ccccc3)C2C1. The summed E-state index contributed by atoms with van der Waals surface area (Å²) in [7, 11) is 1.87. The number of fused-ring (bicyclic) bond motifs is 1. The van der Waals surface area contributed by atoms with Crippen molar-refractivity contribution >= 4 is 5.96 Å². The molecule has 2 saturated heterocycles. The molecule has 5 nitrogen and oxygen atoms in total. The minimum absolute atomic E-state index is 0.284. The molecule has 5 heteroatoms. The summed E-state index contributed by atoms with van der Waals surface area (Å²) in [4.78, 5) is 9.39. The van der Waals surface area contributed by atoms with Gasteiger partial charge in [0, 0.05) is 39.8 Å². The number of rotatable bonds is 5. The van der Waals surface area contributed by atoms with E-state index in [1.54, 1.807) is 0 Å². The molecule has 2 fully saturated rings. The second-order valence-electron chi connectivity index (χ2n) is 6.67. The first kappa shape index (κ1) is 17.2. The molecule has 24 heavy (non-hydrogen) atoms. The van der Waals surface area contributed by atoms with Crippen LogP contribution in [-0.4, -0.2) is 67.7 Å². The van der Waals surface area contributed by atoms with E-state index in [0.29, 0.717) is 6.04 Å². The lowest BCUT2D eigenvalue weighted by Crippen LogP contribution is -2.50. The smallest absolute Gasteiger partial charge is 0.193 e. The summed E-state index contributed by atoms with van der Waals surface area (Å²) in [5.74, 6) is 1.01. The summed E-state index contributed by atoms with van der Waals surface area (Å²) < 4.78 is 6.05. The Bertz CT molecular complexity index is 533. The molecule has 0 aliphatic carbocycles. The molecule has 1 aromatic rings. The molecule has 0 bridgehead atoms. The zero-order chi connectivity index (χ0) is 16.8. The van der Waals surface area contributed by atoms with Gasteiger partial charge < -0.3 is 15.0 Å². The minimum Gasteiger partial charge on any atom is -0.373 e. The van der Waals surface area contributed by atoms with Gasteiger partial charge in [-0.15, -0.1) is 0 Å². The van der Waals surface area contributed by atoms with Crippen LogP contribution in [0.1, 0.15) is 25.3 Å². The van der Waals surface area contributed by atoms with Gasteiger partial charge in [-0.05, 0) is 12.0 Å². The number of hydrogen-bond acceptors (Lipinski definition) is 3. The second-order valence-corrected chi connectivity index (χ2v) is 6.67. The van der Waals surface area contributed by atoms with E-state index in [1.165, 1.54) is 18.4 Å². The van der Waals surface area contributed by atoms with Crippen molar-refractivity contribution in [3.8, 4) is 0 Å². The molecule has 1 aromatic carbocycles. The Hall–Kier alpha value is -1.59. The average molecular weight is 330 g/mol. The Morgan fingerprint density at radius 1 is 1.29 bits per heavy atom. The van der Waals surface area contributed by atoms with Crippen molar-refractivity contribution in [2.45, 2.75) is 38.5 Å². The van der Waals surface area contributed by atoms with Gasteiger partial charge in [-0.2, -0.15) is 0 Å². The Balaban J connectivity index is 1.62. The highest BCUT2D eigenvalue weighted by Crippen LogP contribution is 2.24. The van der Waals surface area contributed by atoms with Gasteiger partial charge >= 0.3 is 0 Å². The topological polar surface area (TPSA) is 40.1 Å². The van der Waals surface area contributed by atoms with E-state index >= 15 is 0 Å². The molecular weight excluding hydrogens is 300 g/mol. The highest BCUT2D eigenvalue weighted by atomic mass is 16.5. The van der Waals surface area contributed by atoms with Crippen LogP contribution in [0.2, 0.25) is 0 Å². The first-order valence-corrected chi connectivity index (χ1v) is 9.17. The lowest BCUT2D eigenvalue weighted by atomic mass is 10.1.